The maximum Gasteiger partial charge on any atom is 0.0855 e. The van der Waals surface area contributed by atoms with E-state index in [1.807, 2.05) is 0 Å². The standard InChI is InChI=1S/C16H34N2O/c1-6-17-15(9-7-8-13(2)3)16-12-18(14(4)5)10-11-19-16/h13-17H,6-12H2,1-5H3. The van der Waals surface area contributed by atoms with E-state index in [1.165, 1.54) is 19.3 Å². The monoisotopic (exact) mass is 270 g/mol. The number of likely N-dealkylation sites (N-methyl/N-ethyl adjacent to an activating group) is 1. The van der Waals surface area contributed by atoms with Crippen molar-refractivity contribution < 1.29 is 4.74 Å². The highest BCUT2D eigenvalue weighted by Crippen LogP contribution is 2.17. The molecule has 1 rings (SSSR count). The molecule has 0 bridgehead atoms. The van der Waals surface area contributed by atoms with Gasteiger partial charge < -0.3 is 10.1 Å². The molecule has 1 aliphatic heterocycles. The zero-order valence-electron chi connectivity index (χ0n) is 13.6. The summed E-state index contributed by atoms with van der Waals surface area (Å²) in [6, 6.07) is 1.15. The van der Waals surface area contributed by atoms with Crippen molar-refractivity contribution in [1.29, 1.82) is 0 Å². The van der Waals surface area contributed by atoms with Gasteiger partial charge in [-0.25, -0.2) is 0 Å². The molecule has 2 atom stereocenters. The molecule has 19 heavy (non-hydrogen) atoms. The van der Waals surface area contributed by atoms with Crippen molar-refractivity contribution in [3.05, 3.63) is 0 Å². The quantitative estimate of drug-likeness (QED) is 0.734. The second kappa shape index (κ2) is 8.93. The zero-order chi connectivity index (χ0) is 14.3. The molecule has 0 aliphatic carbocycles. The maximum absolute atomic E-state index is 6.03. The lowest BCUT2D eigenvalue weighted by molar-refractivity contribution is -0.0566. The van der Waals surface area contributed by atoms with Crippen LogP contribution in [0.5, 0.6) is 0 Å². The normalized spacial score (nSPS) is 23.2. The first-order chi connectivity index (χ1) is 9.04. The number of nitrogens with one attached hydrogen (secondary N) is 1. The molecule has 3 nitrogen and oxygen atoms in total. The molecule has 1 aliphatic rings. The highest BCUT2D eigenvalue weighted by atomic mass is 16.5. The van der Waals surface area contributed by atoms with Crippen LogP contribution in [0, 0.1) is 5.92 Å². The zero-order valence-corrected chi connectivity index (χ0v) is 13.6. The Balaban J connectivity index is 2.44. The molecule has 0 aromatic heterocycles. The average Bonchev–Trinajstić information content (AvgIpc) is 2.37. The van der Waals surface area contributed by atoms with E-state index < -0.39 is 0 Å². The molecule has 114 valence electrons. The fourth-order valence-electron chi connectivity index (χ4n) is 2.84. The smallest absolute Gasteiger partial charge is 0.0855 e. The van der Waals surface area contributed by atoms with E-state index in [9.17, 15) is 0 Å². The van der Waals surface area contributed by atoms with Crippen LogP contribution < -0.4 is 5.32 Å². The number of ether oxygens (including phenoxy) is 1. The summed E-state index contributed by atoms with van der Waals surface area (Å²) in [6.07, 6.45) is 4.23. The number of morpholine rings is 1. The maximum atomic E-state index is 6.03. The predicted octanol–water partition coefficient (Wildman–Crippen LogP) is 2.90. The van der Waals surface area contributed by atoms with Crippen LogP contribution in [0.2, 0.25) is 0 Å². The second-order valence-electron chi connectivity index (χ2n) is 6.49. The van der Waals surface area contributed by atoms with E-state index in [0.29, 0.717) is 18.2 Å². The van der Waals surface area contributed by atoms with E-state index in [1.54, 1.807) is 0 Å². The number of rotatable bonds is 8. The van der Waals surface area contributed by atoms with Crippen LogP contribution in [0.3, 0.4) is 0 Å². The average molecular weight is 270 g/mol. The van der Waals surface area contributed by atoms with Gasteiger partial charge in [0.1, 0.15) is 0 Å². The fraction of sp³-hybridized carbons (Fsp3) is 1.00. The molecule has 0 aromatic carbocycles. The number of nitrogens with zero attached hydrogens (tertiary/aromatic N) is 1. The molecule has 3 heteroatoms. The second-order valence-corrected chi connectivity index (χ2v) is 6.49. The Labute approximate surface area is 120 Å². The SMILES string of the molecule is CCNC(CCCC(C)C)C1CN(C(C)C)CCO1. The molecule has 1 N–H and O–H groups in total. The van der Waals surface area contributed by atoms with Gasteiger partial charge in [0.2, 0.25) is 0 Å². The summed E-state index contributed by atoms with van der Waals surface area (Å²) in [5.74, 6) is 0.807. The summed E-state index contributed by atoms with van der Waals surface area (Å²) < 4.78 is 6.03. The number of hydrogen-bond donors (Lipinski definition) is 1. The Bertz CT molecular complexity index is 231. The third-order valence-electron chi connectivity index (χ3n) is 4.07. The largest absolute Gasteiger partial charge is 0.374 e. The predicted molar refractivity (Wildman–Crippen MR) is 82.6 cm³/mol. The summed E-state index contributed by atoms with van der Waals surface area (Å²) in [5.41, 5.74) is 0. The third kappa shape index (κ3) is 6.24. The van der Waals surface area contributed by atoms with E-state index in [0.717, 1.165) is 32.2 Å². The van der Waals surface area contributed by atoms with E-state index in [4.69, 9.17) is 4.74 Å². The van der Waals surface area contributed by atoms with Crippen molar-refractivity contribution in [3.8, 4) is 0 Å². The highest BCUT2D eigenvalue weighted by Gasteiger charge is 2.28. The molecule has 1 heterocycles. The minimum atomic E-state index is 0.364. The first kappa shape index (κ1) is 16.9. The van der Waals surface area contributed by atoms with Crippen LogP contribution >= 0.6 is 0 Å². The van der Waals surface area contributed by atoms with Crippen LogP contribution in [-0.2, 0) is 4.74 Å². The van der Waals surface area contributed by atoms with Crippen LogP contribution in [0.1, 0.15) is 53.9 Å². The Hall–Kier alpha value is -0.120. The Morgan fingerprint density at radius 2 is 1.95 bits per heavy atom. The van der Waals surface area contributed by atoms with Gasteiger partial charge in [-0.3, -0.25) is 4.90 Å². The van der Waals surface area contributed by atoms with Gasteiger partial charge in [-0.2, -0.15) is 0 Å². The first-order valence-corrected chi connectivity index (χ1v) is 8.13. The summed E-state index contributed by atoms with van der Waals surface area (Å²) in [4.78, 5) is 2.54. The van der Waals surface area contributed by atoms with Crippen molar-refractivity contribution in [2.75, 3.05) is 26.2 Å². The van der Waals surface area contributed by atoms with Crippen LogP contribution in [0.4, 0.5) is 0 Å². The molecule has 0 saturated carbocycles. The lowest BCUT2D eigenvalue weighted by atomic mass is 9.98. The minimum absolute atomic E-state index is 0.364. The summed E-state index contributed by atoms with van der Waals surface area (Å²) in [7, 11) is 0. The van der Waals surface area contributed by atoms with Crippen molar-refractivity contribution in [3.63, 3.8) is 0 Å². The van der Waals surface area contributed by atoms with Gasteiger partial charge in [-0.15, -0.1) is 0 Å². The Morgan fingerprint density at radius 1 is 1.21 bits per heavy atom. The van der Waals surface area contributed by atoms with Crippen LogP contribution in [0.25, 0.3) is 0 Å². The van der Waals surface area contributed by atoms with Gasteiger partial charge in [0.25, 0.3) is 0 Å². The minimum Gasteiger partial charge on any atom is -0.374 e. The van der Waals surface area contributed by atoms with Crippen molar-refractivity contribution >= 4 is 0 Å². The lowest BCUT2D eigenvalue weighted by Crippen LogP contribution is -2.53. The number of hydrogen-bond acceptors (Lipinski definition) is 3. The Kier molecular flexibility index (Phi) is 7.96. The molecule has 2 unspecified atom stereocenters. The van der Waals surface area contributed by atoms with Crippen LogP contribution in [0.15, 0.2) is 0 Å². The van der Waals surface area contributed by atoms with Gasteiger partial charge in [0, 0.05) is 25.2 Å². The van der Waals surface area contributed by atoms with Crippen LogP contribution in [-0.4, -0.2) is 49.3 Å². The highest BCUT2D eigenvalue weighted by molar-refractivity contribution is 4.84. The van der Waals surface area contributed by atoms with Gasteiger partial charge >= 0.3 is 0 Å². The fourth-order valence-corrected chi connectivity index (χ4v) is 2.84. The molecular weight excluding hydrogens is 236 g/mol. The summed E-state index contributed by atoms with van der Waals surface area (Å²) in [6.45, 7) is 15.4. The van der Waals surface area contributed by atoms with Gasteiger partial charge in [-0.05, 0) is 32.7 Å². The summed E-state index contributed by atoms with van der Waals surface area (Å²) in [5, 5.41) is 3.63. The first-order valence-electron chi connectivity index (χ1n) is 8.13. The van der Waals surface area contributed by atoms with E-state index in [2.05, 4.69) is 44.8 Å². The molecule has 1 saturated heterocycles. The van der Waals surface area contributed by atoms with Crippen molar-refractivity contribution in [2.45, 2.75) is 72.1 Å². The topological polar surface area (TPSA) is 24.5 Å². The van der Waals surface area contributed by atoms with E-state index in [-0.39, 0.29) is 0 Å². The third-order valence-corrected chi connectivity index (χ3v) is 4.07. The lowest BCUT2D eigenvalue weighted by Gasteiger charge is -2.39. The van der Waals surface area contributed by atoms with Gasteiger partial charge in [0.05, 0.1) is 12.7 Å². The Morgan fingerprint density at radius 3 is 2.53 bits per heavy atom. The molecular formula is C16H34N2O. The van der Waals surface area contributed by atoms with Crippen molar-refractivity contribution in [1.82, 2.24) is 10.2 Å². The molecule has 0 radical (unpaired) electrons. The molecule has 1 fully saturated rings. The molecule has 0 aromatic rings. The van der Waals surface area contributed by atoms with Gasteiger partial charge in [-0.1, -0.05) is 33.6 Å². The molecule has 0 spiro atoms. The summed E-state index contributed by atoms with van der Waals surface area (Å²) >= 11 is 0. The van der Waals surface area contributed by atoms with E-state index >= 15 is 0 Å². The van der Waals surface area contributed by atoms with Gasteiger partial charge in [0.15, 0.2) is 0 Å². The van der Waals surface area contributed by atoms with Crippen molar-refractivity contribution in [2.24, 2.45) is 5.92 Å². The molecule has 0 amide bonds.